The number of amides is 2. The number of hydrogen-bond donors (Lipinski definition) is 1. The summed E-state index contributed by atoms with van der Waals surface area (Å²) in [6.07, 6.45) is 9.31. The largest absolute Gasteiger partial charge is 0.465 e. The van der Waals surface area contributed by atoms with E-state index in [4.69, 9.17) is 9.47 Å². The molecule has 6 atom stereocenters. The van der Waals surface area contributed by atoms with E-state index in [1.165, 1.54) is 4.90 Å². The Bertz CT molecular complexity index is 1190. The number of allylic oxidation sites excluding steroid dienone is 1. The molecule has 1 N–H and O–H groups in total. The van der Waals surface area contributed by atoms with Crippen molar-refractivity contribution < 1.29 is 29.0 Å². The maximum absolute atomic E-state index is 14.6. The number of likely N-dealkylation sites (tertiary alicyclic amines) is 1. The smallest absolute Gasteiger partial charge is 0.312 e. The van der Waals surface area contributed by atoms with Crippen LogP contribution in [0.4, 0.5) is 11.4 Å². The molecule has 0 radical (unpaired) electrons. The molecule has 9 nitrogen and oxygen atoms in total. The molecule has 9 heteroatoms. The van der Waals surface area contributed by atoms with Gasteiger partial charge in [-0.25, -0.2) is 0 Å². The number of cyclic esters (lactones) is 1. The lowest BCUT2D eigenvalue weighted by Crippen LogP contribution is -2.59. The lowest BCUT2D eigenvalue weighted by molar-refractivity contribution is -0.155. The average Bonchev–Trinajstić information content (AvgIpc) is 3.35. The summed E-state index contributed by atoms with van der Waals surface area (Å²) in [5.41, 5.74) is 0.419. The molecule has 2 saturated heterocycles. The standard InChI is InChI=1S/C32H43N3O6/c1-5-33(6-2)22-13-15-23(16-14-22)34-18-11-17-32-27(26-25(41-32)12-9-7-8-10-19-40-31(26)39)29(37)35(28(32)30(34)38)24(20-36)21(3)4/h9,11-17,21,24-28,36H,5-8,10,18-20H2,1-4H3/b12-9-/t24-,25+,26-,27-,28?,32-/m0/s1. The first-order valence-electron chi connectivity index (χ1n) is 15.1. The predicted octanol–water partition coefficient (Wildman–Crippen LogP) is 3.32. The Hall–Kier alpha value is -3.17. The number of fused-ring (bicyclic) bond motifs is 2. The third-order valence-electron chi connectivity index (χ3n) is 9.14. The van der Waals surface area contributed by atoms with Gasteiger partial charge in [0.25, 0.3) is 5.91 Å². The van der Waals surface area contributed by atoms with E-state index in [0.717, 1.165) is 38.0 Å². The van der Waals surface area contributed by atoms with Gasteiger partial charge in [-0.1, -0.05) is 38.2 Å². The monoisotopic (exact) mass is 565 g/mol. The Morgan fingerprint density at radius 2 is 1.78 bits per heavy atom. The topological polar surface area (TPSA) is 99.6 Å². The molecule has 4 heterocycles. The van der Waals surface area contributed by atoms with Crippen LogP contribution < -0.4 is 9.80 Å². The Morgan fingerprint density at radius 1 is 1.05 bits per heavy atom. The number of carbonyl (C=O) groups excluding carboxylic acids is 3. The van der Waals surface area contributed by atoms with E-state index in [1.807, 2.05) is 62.4 Å². The molecule has 4 aliphatic rings. The zero-order valence-electron chi connectivity index (χ0n) is 24.6. The molecule has 1 unspecified atom stereocenters. The van der Waals surface area contributed by atoms with E-state index in [-0.39, 0.29) is 30.9 Å². The molecule has 0 saturated carbocycles. The fourth-order valence-electron chi connectivity index (χ4n) is 7.00. The Balaban J connectivity index is 1.59. The summed E-state index contributed by atoms with van der Waals surface area (Å²) in [5.74, 6) is -3.07. The van der Waals surface area contributed by atoms with E-state index < -0.39 is 41.6 Å². The Labute approximate surface area is 242 Å². The van der Waals surface area contributed by atoms with Crippen LogP contribution in [-0.2, 0) is 23.9 Å². The van der Waals surface area contributed by atoms with Crippen LogP contribution >= 0.6 is 0 Å². The van der Waals surface area contributed by atoms with Gasteiger partial charge >= 0.3 is 5.97 Å². The van der Waals surface area contributed by atoms with Crippen LogP contribution in [0.3, 0.4) is 0 Å². The highest BCUT2D eigenvalue weighted by Gasteiger charge is 2.72. The number of anilines is 2. The molecule has 2 amide bonds. The maximum Gasteiger partial charge on any atom is 0.312 e. The van der Waals surface area contributed by atoms with Gasteiger partial charge in [0, 0.05) is 31.0 Å². The minimum Gasteiger partial charge on any atom is -0.465 e. The predicted molar refractivity (Wildman–Crippen MR) is 156 cm³/mol. The average molecular weight is 566 g/mol. The normalized spacial score (nSPS) is 31.3. The fourth-order valence-corrected chi connectivity index (χ4v) is 7.00. The van der Waals surface area contributed by atoms with Gasteiger partial charge in [0.05, 0.1) is 31.3 Å². The van der Waals surface area contributed by atoms with Crippen molar-refractivity contribution in [2.24, 2.45) is 17.8 Å². The van der Waals surface area contributed by atoms with Crippen LogP contribution in [0, 0.1) is 17.8 Å². The van der Waals surface area contributed by atoms with Gasteiger partial charge in [-0.2, -0.15) is 0 Å². The van der Waals surface area contributed by atoms with Crippen LogP contribution in [-0.4, -0.2) is 84.4 Å². The number of hydrogen-bond acceptors (Lipinski definition) is 7. The summed E-state index contributed by atoms with van der Waals surface area (Å²) < 4.78 is 12.3. The third-order valence-corrected chi connectivity index (χ3v) is 9.14. The number of carbonyl (C=O) groups is 3. The first kappa shape index (κ1) is 29.3. The van der Waals surface area contributed by atoms with Crippen molar-refractivity contribution >= 4 is 29.2 Å². The van der Waals surface area contributed by atoms with Gasteiger partial charge in [0.2, 0.25) is 5.91 Å². The number of ether oxygens (including phenoxy) is 2. The molecule has 0 bridgehead atoms. The summed E-state index contributed by atoms with van der Waals surface area (Å²) in [4.78, 5) is 47.9. The van der Waals surface area contributed by atoms with E-state index >= 15 is 0 Å². The highest BCUT2D eigenvalue weighted by atomic mass is 16.6. The molecule has 1 aromatic carbocycles. The lowest BCUT2D eigenvalue weighted by Gasteiger charge is -2.39. The number of aliphatic hydroxyl groups is 1. The van der Waals surface area contributed by atoms with Gasteiger partial charge in [0.15, 0.2) is 0 Å². The summed E-state index contributed by atoms with van der Waals surface area (Å²) in [6, 6.07) is 6.21. The molecule has 5 rings (SSSR count). The van der Waals surface area contributed by atoms with Crippen LogP contribution in [0.15, 0.2) is 48.6 Å². The molecule has 4 aliphatic heterocycles. The number of benzene rings is 1. The molecule has 222 valence electrons. The van der Waals surface area contributed by atoms with E-state index in [9.17, 15) is 19.5 Å². The second-order valence-electron chi connectivity index (χ2n) is 11.7. The number of nitrogens with zero attached hydrogens (tertiary/aromatic N) is 3. The minimum absolute atomic E-state index is 0.131. The van der Waals surface area contributed by atoms with E-state index in [1.54, 1.807) is 4.90 Å². The van der Waals surface area contributed by atoms with Crippen LogP contribution in [0.25, 0.3) is 0 Å². The summed E-state index contributed by atoms with van der Waals surface area (Å²) in [5, 5.41) is 10.4. The highest BCUT2D eigenvalue weighted by molar-refractivity contribution is 6.05. The molecular weight excluding hydrogens is 522 g/mol. The Morgan fingerprint density at radius 3 is 2.44 bits per heavy atom. The number of esters is 1. The van der Waals surface area contributed by atoms with Crippen molar-refractivity contribution in [3.05, 3.63) is 48.6 Å². The number of aliphatic hydroxyl groups excluding tert-OH is 1. The first-order chi connectivity index (χ1) is 19.8. The van der Waals surface area contributed by atoms with Crippen molar-refractivity contribution in [2.45, 2.75) is 70.7 Å². The van der Waals surface area contributed by atoms with Crippen molar-refractivity contribution in [3.63, 3.8) is 0 Å². The molecule has 1 aromatic rings. The van der Waals surface area contributed by atoms with E-state index in [2.05, 4.69) is 18.7 Å². The first-order valence-corrected chi connectivity index (χ1v) is 15.1. The molecule has 41 heavy (non-hydrogen) atoms. The Kier molecular flexibility index (Phi) is 8.57. The van der Waals surface area contributed by atoms with Crippen molar-refractivity contribution in [3.8, 4) is 0 Å². The number of rotatable bonds is 7. The summed E-state index contributed by atoms with van der Waals surface area (Å²) >= 11 is 0. The third kappa shape index (κ3) is 4.97. The van der Waals surface area contributed by atoms with Gasteiger partial charge in [0.1, 0.15) is 17.6 Å². The van der Waals surface area contributed by atoms with Crippen molar-refractivity contribution in [2.75, 3.05) is 42.6 Å². The maximum atomic E-state index is 14.6. The van der Waals surface area contributed by atoms with Gasteiger partial charge in [-0.3, -0.25) is 14.4 Å². The van der Waals surface area contributed by atoms with Crippen LogP contribution in [0.5, 0.6) is 0 Å². The van der Waals surface area contributed by atoms with Gasteiger partial charge in [-0.15, -0.1) is 0 Å². The molecule has 0 aliphatic carbocycles. The highest BCUT2D eigenvalue weighted by Crippen LogP contribution is 2.54. The van der Waals surface area contributed by atoms with Crippen LogP contribution in [0.1, 0.15) is 47.0 Å². The molecular formula is C32H43N3O6. The second-order valence-corrected chi connectivity index (χ2v) is 11.7. The van der Waals surface area contributed by atoms with Crippen molar-refractivity contribution in [1.82, 2.24) is 4.90 Å². The minimum atomic E-state index is -1.36. The van der Waals surface area contributed by atoms with Crippen LogP contribution in [0.2, 0.25) is 0 Å². The van der Waals surface area contributed by atoms with Gasteiger partial charge < -0.3 is 29.3 Å². The van der Waals surface area contributed by atoms with Gasteiger partial charge in [-0.05, 0) is 63.3 Å². The zero-order valence-corrected chi connectivity index (χ0v) is 24.6. The SMILES string of the molecule is CCN(CC)c1ccc(N2CC=C[C@]34O[C@@H]5/C=C\CCCCOC(=O)[C@@H]5[C@H]3C(=O)N([C@@H](CO)C(C)C)C4C2=O)cc1. The summed E-state index contributed by atoms with van der Waals surface area (Å²) in [6.45, 7) is 10.1. The lowest BCUT2D eigenvalue weighted by atomic mass is 9.78. The quantitative estimate of drug-likeness (QED) is 0.400. The summed E-state index contributed by atoms with van der Waals surface area (Å²) in [7, 11) is 0. The molecule has 0 aromatic heterocycles. The van der Waals surface area contributed by atoms with Crippen molar-refractivity contribution in [1.29, 1.82) is 0 Å². The molecule has 1 spiro atoms. The second kappa shape index (κ2) is 12.0. The van der Waals surface area contributed by atoms with E-state index in [0.29, 0.717) is 12.2 Å². The zero-order chi connectivity index (χ0) is 29.3. The molecule has 2 fully saturated rings. The fraction of sp³-hybridized carbons (Fsp3) is 0.594.